The van der Waals surface area contributed by atoms with E-state index in [0.29, 0.717) is 25.3 Å². The van der Waals surface area contributed by atoms with Gasteiger partial charge in [0.2, 0.25) is 17.7 Å². The first kappa shape index (κ1) is 17.6. The van der Waals surface area contributed by atoms with Crippen molar-refractivity contribution in [1.82, 2.24) is 10.6 Å². The molecule has 120 valence electrons. The van der Waals surface area contributed by atoms with Crippen LogP contribution in [-0.4, -0.2) is 30.3 Å². The number of nitrogens with one attached hydrogen (secondary N) is 2. The van der Waals surface area contributed by atoms with Crippen LogP contribution < -0.4 is 16.4 Å². The van der Waals surface area contributed by atoms with Crippen molar-refractivity contribution in [3.63, 3.8) is 0 Å². The van der Waals surface area contributed by atoms with Gasteiger partial charge in [-0.15, -0.1) is 0 Å². The number of amides is 3. The Morgan fingerprint density at radius 1 is 1.38 bits per heavy atom. The maximum Gasteiger partial charge on any atom is 0.249 e. The van der Waals surface area contributed by atoms with Gasteiger partial charge in [0.25, 0.3) is 0 Å². The van der Waals surface area contributed by atoms with Crippen LogP contribution >= 0.6 is 0 Å². The van der Waals surface area contributed by atoms with Gasteiger partial charge in [-0.3, -0.25) is 19.7 Å². The van der Waals surface area contributed by atoms with Crippen LogP contribution in [0.3, 0.4) is 0 Å². The van der Waals surface area contributed by atoms with Crippen molar-refractivity contribution in [3.8, 4) is 0 Å². The molecule has 2 unspecified atom stereocenters. The Morgan fingerprint density at radius 2 is 2.05 bits per heavy atom. The lowest BCUT2D eigenvalue weighted by Crippen LogP contribution is -2.52. The highest BCUT2D eigenvalue weighted by molar-refractivity contribution is 6.01. The van der Waals surface area contributed by atoms with Crippen molar-refractivity contribution < 1.29 is 14.4 Å². The first-order valence-electron chi connectivity index (χ1n) is 7.57. The Bertz CT molecular complexity index is 401. The molecule has 6 nitrogen and oxygen atoms in total. The molecule has 0 spiro atoms. The highest BCUT2D eigenvalue weighted by Crippen LogP contribution is 2.32. The van der Waals surface area contributed by atoms with Gasteiger partial charge in [-0.25, -0.2) is 0 Å². The molecule has 1 rings (SSSR count). The fraction of sp³-hybridized carbons (Fsp3) is 0.800. The number of rotatable bonds is 6. The second-order valence-electron chi connectivity index (χ2n) is 6.75. The van der Waals surface area contributed by atoms with Crippen LogP contribution in [0.4, 0.5) is 0 Å². The van der Waals surface area contributed by atoms with Gasteiger partial charge in [-0.05, 0) is 37.1 Å². The normalized spacial score (nSPS) is 20.9. The smallest absolute Gasteiger partial charge is 0.249 e. The summed E-state index contributed by atoms with van der Waals surface area (Å²) >= 11 is 0. The highest BCUT2D eigenvalue weighted by atomic mass is 16.2. The number of carbonyl (C=O) groups excluding carboxylic acids is 3. The first-order chi connectivity index (χ1) is 9.74. The molecule has 1 aliphatic rings. The van der Waals surface area contributed by atoms with Crippen molar-refractivity contribution in [2.24, 2.45) is 17.1 Å². The molecule has 0 aliphatic carbocycles. The van der Waals surface area contributed by atoms with Gasteiger partial charge in [-0.1, -0.05) is 20.8 Å². The van der Waals surface area contributed by atoms with Gasteiger partial charge in [0.15, 0.2) is 0 Å². The summed E-state index contributed by atoms with van der Waals surface area (Å²) in [6.45, 7) is 7.04. The molecule has 1 saturated heterocycles. The van der Waals surface area contributed by atoms with E-state index in [9.17, 15) is 14.4 Å². The molecular formula is C15H27N3O3. The van der Waals surface area contributed by atoms with Crippen LogP contribution in [0.15, 0.2) is 0 Å². The van der Waals surface area contributed by atoms with E-state index in [1.165, 1.54) is 0 Å². The SMILES string of the molecule is CC(C)(C)C(CCN)CCC(=O)NC1CCC(=O)NC1=O. The third-order valence-corrected chi connectivity index (χ3v) is 4.03. The minimum Gasteiger partial charge on any atom is -0.344 e. The van der Waals surface area contributed by atoms with Crippen LogP contribution in [0.5, 0.6) is 0 Å². The molecule has 1 heterocycles. The van der Waals surface area contributed by atoms with Crippen molar-refractivity contribution in [1.29, 1.82) is 0 Å². The van der Waals surface area contributed by atoms with E-state index >= 15 is 0 Å². The van der Waals surface area contributed by atoms with Gasteiger partial charge in [0, 0.05) is 12.8 Å². The largest absolute Gasteiger partial charge is 0.344 e. The second kappa shape index (κ2) is 7.54. The van der Waals surface area contributed by atoms with Crippen molar-refractivity contribution >= 4 is 17.7 Å². The van der Waals surface area contributed by atoms with E-state index in [-0.39, 0.29) is 23.7 Å². The molecule has 1 aliphatic heterocycles. The molecule has 2 atom stereocenters. The summed E-state index contributed by atoms with van der Waals surface area (Å²) in [6, 6.07) is -0.585. The zero-order valence-electron chi connectivity index (χ0n) is 13.2. The summed E-state index contributed by atoms with van der Waals surface area (Å²) in [5, 5.41) is 4.94. The predicted octanol–water partition coefficient (Wildman–Crippen LogP) is 0.699. The third-order valence-electron chi connectivity index (χ3n) is 4.03. The number of carbonyl (C=O) groups is 3. The fourth-order valence-electron chi connectivity index (χ4n) is 2.61. The van der Waals surface area contributed by atoms with Crippen molar-refractivity contribution in [3.05, 3.63) is 0 Å². The molecule has 0 saturated carbocycles. The molecule has 0 aromatic heterocycles. The molecule has 1 fully saturated rings. The Kier molecular flexibility index (Phi) is 6.33. The monoisotopic (exact) mass is 297 g/mol. The minimum atomic E-state index is -0.585. The molecule has 6 heteroatoms. The van der Waals surface area contributed by atoms with Crippen LogP contribution in [0, 0.1) is 11.3 Å². The zero-order chi connectivity index (χ0) is 16.0. The number of hydrogen-bond acceptors (Lipinski definition) is 4. The molecule has 4 N–H and O–H groups in total. The lowest BCUT2D eigenvalue weighted by atomic mass is 9.76. The van der Waals surface area contributed by atoms with E-state index in [1.54, 1.807) is 0 Å². The summed E-state index contributed by atoms with van der Waals surface area (Å²) in [7, 11) is 0. The molecule has 21 heavy (non-hydrogen) atoms. The van der Waals surface area contributed by atoms with Crippen LogP contribution in [-0.2, 0) is 14.4 Å². The Labute approximate surface area is 126 Å². The maximum absolute atomic E-state index is 12.0. The maximum atomic E-state index is 12.0. The zero-order valence-corrected chi connectivity index (χ0v) is 13.2. The number of piperidine rings is 1. The standard InChI is InChI=1S/C15H27N3O3/c1-15(2,3)10(8-9-16)4-6-12(19)17-11-5-7-13(20)18-14(11)21/h10-11H,4-9,16H2,1-3H3,(H,17,19)(H,18,20,21). The van der Waals surface area contributed by atoms with E-state index in [2.05, 4.69) is 31.4 Å². The molecule has 0 aromatic rings. The Balaban J connectivity index is 2.42. The van der Waals surface area contributed by atoms with Gasteiger partial charge in [0.05, 0.1) is 0 Å². The molecular weight excluding hydrogens is 270 g/mol. The fourth-order valence-corrected chi connectivity index (χ4v) is 2.61. The average molecular weight is 297 g/mol. The topological polar surface area (TPSA) is 101 Å². The summed E-state index contributed by atoms with van der Waals surface area (Å²) in [6.07, 6.45) is 2.66. The van der Waals surface area contributed by atoms with E-state index in [4.69, 9.17) is 5.73 Å². The van der Waals surface area contributed by atoms with Crippen LogP contribution in [0.2, 0.25) is 0 Å². The van der Waals surface area contributed by atoms with Crippen molar-refractivity contribution in [2.75, 3.05) is 6.54 Å². The van der Waals surface area contributed by atoms with Gasteiger partial charge in [0.1, 0.15) is 6.04 Å². The van der Waals surface area contributed by atoms with E-state index in [0.717, 1.165) is 12.8 Å². The minimum absolute atomic E-state index is 0.105. The molecule has 0 aromatic carbocycles. The molecule has 0 radical (unpaired) electrons. The first-order valence-corrected chi connectivity index (χ1v) is 7.57. The third kappa shape index (κ3) is 5.83. The number of imide groups is 1. The van der Waals surface area contributed by atoms with Crippen LogP contribution in [0.25, 0.3) is 0 Å². The van der Waals surface area contributed by atoms with Gasteiger partial charge >= 0.3 is 0 Å². The summed E-state index contributed by atoms with van der Waals surface area (Å²) < 4.78 is 0. The van der Waals surface area contributed by atoms with Gasteiger partial charge in [-0.2, -0.15) is 0 Å². The number of hydrogen-bond donors (Lipinski definition) is 3. The summed E-state index contributed by atoms with van der Waals surface area (Å²) in [5.41, 5.74) is 5.73. The summed E-state index contributed by atoms with van der Waals surface area (Å²) in [4.78, 5) is 34.6. The molecule has 3 amide bonds. The Morgan fingerprint density at radius 3 is 2.57 bits per heavy atom. The quantitative estimate of drug-likeness (QED) is 0.628. The average Bonchev–Trinajstić information content (AvgIpc) is 2.36. The number of nitrogens with two attached hydrogens (primary N) is 1. The van der Waals surface area contributed by atoms with E-state index < -0.39 is 11.9 Å². The Hall–Kier alpha value is -1.43. The molecule has 0 bridgehead atoms. The van der Waals surface area contributed by atoms with Crippen molar-refractivity contribution in [2.45, 2.75) is 58.9 Å². The van der Waals surface area contributed by atoms with E-state index in [1.807, 2.05) is 0 Å². The highest BCUT2D eigenvalue weighted by Gasteiger charge is 2.29. The summed E-state index contributed by atoms with van der Waals surface area (Å²) in [5.74, 6) is -0.457. The van der Waals surface area contributed by atoms with Gasteiger partial charge < -0.3 is 11.1 Å². The second-order valence-corrected chi connectivity index (χ2v) is 6.75. The lowest BCUT2D eigenvalue weighted by Gasteiger charge is -2.30. The lowest BCUT2D eigenvalue weighted by molar-refractivity contribution is -0.137. The predicted molar refractivity (Wildman–Crippen MR) is 80.2 cm³/mol. The van der Waals surface area contributed by atoms with Crippen LogP contribution in [0.1, 0.15) is 52.9 Å².